The van der Waals surface area contributed by atoms with E-state index >= 15 is 0 Å². The van der Waals surface area contributed by atoms with Gasteiger partial charge in [-0.2, -0.15) is 0 Å². The summed E-state index contributed by atoms with van der Waals surface area (Å²) in [5.41, 5.74) is 1.05. The zero-order valence-electron chi connectivity index (χ0n) is 20.7. The number of nitrogens with zero attached hydrogens (tertiary/aromatic N) is 1. The van der Waals surface area contributed by atoms with Crippen molar-refractivity contribution < 1.29 is 37.4 Å². The van der Waals surface area contributed by atoms with Crippen LogP contribution in [0.5, 0.6) is 11.5 Å². The Bertz CT molecular complexity index is 1220. The molecule has 1 N–H and O–H groups in total. The van der Waals surface area contributed by atoms with Crippen LogP contribution in [0.1, 0.15) is 48.3 Å². The van der Waals surface area contributed by atoms with Crippen molar-refractivity contribution in [1.82, 2.24) is 10.3 Å². The van der Waals surface area contributed by atoms with Gasteiger partial charge >= 0.3 is 11.9 Å². The van der Waals surface area contributed by atoms with Crippen LogP contribution in [0, 0.1) is 11.6 Å². The van der Waals surface area contributed by atoms with Gasteiger partial charge in [0.05, 0.1) is 7.11 Å². The average molecular weight is 513 g/mol. The van der Waals surface area contributed by atoms with Crippen molar-refractivity contribution in [2.75, 3.05) is 7.11 Å². The highest BCUT2D eigenvalue weighted by molar-refractivity contribution is 5.98. The number of hydrogen-bond acceptors (Lipinski definition) is 7. The third-order valence-corrected chi connectivity index (χ3v) is 5.48. The fraction of sp³-hybridized carbons (Fsp3) is 0.259. The molecule has 0 saturated heterocycles. The largest absolute Gasteiger partial charge is 0.493 e. The molecule has 0 aliphatic heterocycles. The van der Waals surface area contributed by atoms with Gasteiger partial charge in [-0.05, 0) is 49.2 Å². The minimum absolute atomic E-state index is 0.112. The highest BCUT2D eigenvalue weighted by Gasteiger charge is 2.29. The van der Waals surface area contributed by atoms with E-state index in [0.29, 0.717) is 11.1 Å². The number of methoxy groups -OCH3 is 1. The van der Waals surface area contributed by atoms with Crippen molar-refractivity contribution in [2.45, 2.75) is 38.8 Å². The summed E-state index contributed by atoms with van der Waals surface area (Å²) in [7, 11) is 1.34. The molecule has 0 bridgehead atoms. The van der Waals surface area contributed by atoms with Gasteiger partial charge in [0, 0.05) is 25.1 Å². The number of aromatic nitrogens is 1. The molecule has 0 radical (unpaired) electrons. The van der Waals surface area contributed by atoms with Crippen LogP contribution in [0.3, 0.4) is 0 Å². The zero-order chi connectivity index (χ0) is 27.1. The van der Waals surface area contributed by atoms with Gasteiger partial charge in [0.25, 0.3) is 5.91 Å². The van der Waals surface area contributed by atoms with Gasteiger partial charge < -0.3 is 19.5 Å². The number of ether oxygens (including phenoxy) is 3. The molecule has 194 valence electrons. The lowest BCUT2D eigenvalue weighted by Gasteiger charge is -2.26. The second kappa shape index (κ2) is 12.1. The second-order valence-electron chi connectivity index (χ2n) is 8.20. The minimum atomic E-state index is -1.12. The molecule has 3 rings (SSSR count). The van der Waals surface area contributed by atoms with Crippen molar-refractivity contribution >= 4 is 17.8 Å². The summed E-state index contributed by atoms with van der Waals surface area (Å²) in [6, 6.07) is 11.7. The van der Waals surface area contributed by atoms with Gasteiger partial charge in [-0.1, -0.05) is 24.3 Å². The Morgan fingerprint density at radius 2 is 1.43 bits per heavy atom. The number of amides is 1. The molecule has 2 atom stereocenters. The van der Waals surface area contributed by atoms with E-state index in [9.17, 15) is 23.2 Å². The number of benzene rings is 2. The Kier molecular flexibility index (Phi) is 8.89. The van der Waals surface area contributed by atoms with Gasteiger partial charge in [-0.15, -0.1) is 0 Å². The Labute approximate surface area is 212 Å². The molecule has 1 heterocycles. The maximum atomic E-state index is 13.5. The Morgan fingerprint density at radius 1 is 0.892 bits per heavy atom. The van der Waals surface area contributed by atoms with Crippen LogP contribution in [-0.2, 0) is 14.3 Å². The first kappa shape index (κ1) is 27.3. The standard InChI is InChI=1S/C27H26F2N2O6/c1-15(31-26(33)24-25(37-17(3)32)22(35-4)13-14-30-24)27(34)36-16(2)23(18-5-9-20(28)10-6-18)19-7-11-21(29)12-8-19/h5-16,23H,1-4H3,(H,31,33)/t15-,16-/m1/s1. The number of esters is 2. The molecular formula is C27H26F2N2O6. The average Bonchev–Trinajstić information content (AvgIpc) is 2.86. The zero-order valence-corrected chi connectivity index (χ0v) is 20.7. The fourth-order valence-corrected chi connectivity index (χ4v) is 3.75. The van der Waals surface area contributed by atoms with Crippen LogP contribution in [0.4, 0.5) is 8.78 Å². The summed E-state index contributed by atoms with van der Waals surface area (Å²) >= 11 is 0. The molecule has 0 unspecified atom stereocenters. The molecule has 3 aromatic rings. The topological polar surface area (TPSA) is 104 Å². The lowest BCUT2D eigenvalue weighted by atomic mass is 9.87. The molecular weight excluding hydrogens is 486 g/mol. The van der Waals surface area contributed by atoms with E-state index in [1.54, 1.807) is 31.2 Å². The number of carbonyl (C=O) groups is 3. The third-order valence-electron chi connectivity index (χ3n) is 5.48. The van der Waals surface area contributed by atoms with Crippen LogP contribution >= 0.6 is 0 Å². The van der Waals surface area contributed by atoms with E-state index < -0.39 is 47.5 Å². The van der Waals surface area contributed by atoms with Crippen LogP contribution in [0.2, 0.25) is 0 Å². The second-order valence-corrected chi connectivity index (χ2v) is 8.20. The summed E-state index contributed by atoms with van der Waals surface area (Å²) in [5.74, 6) is -3.70. The van der Waals surface area contributed by atoms with Gasteiger partial charge in [-0.25, -0.2) is 18.6 Å². The lowest BCUT2D eigenvalue weighted by Crippen LogP contribution is -2.41. The molecule has 0 spiro atoms. The van der Waals surface area contributed by atoms with Crippen molar-refractivity contribution in [3.8, 4) is 11.5 Å². The van der Waals surface area contributed by atoms with Crippen molar-refractivity contribution in [1.29, 1.82) is 0 Å². The number of rotatable bonds is 9. The molecule has 10 heteroatoms. The Balaban J connectivity index is 1.78. The molecule has 2 aromatic carbocycles. The molecule has 37 heavy (non-hydrogen) atoms. The van der Waals surface area contributed by atoms with Crippen molar-refractivity contribution in [2.24, 2.45) is 0 Å². The maximum Gasteiger partial charge on any atom is 0.328 e. The molecule has 1 aromatic heterocycles. The number of carbonyl (C=O) groups excluding carboxylic acids is 3. The maximum absolute atomic E-state index is 13.5. The lowest BCUT2D eigenvalue weighted by molar-refractivity contribution is -0.150. The normalized spacial score (nSPS) is 12.4. The molecule has 8 nitrogen and oxygen atoms in total. The monoisotopic (exact) mass is 512 g/mol. The van der Waals surface area contributed by atoms with Crippen LogP contribution in [-0.4, -0.2) is 42.1 Å². The molecule has 0 aliphatic rings. The number of nitrogens with one attached hydrogen (secondary N) is 1. The molecule has 0 fully saturated rings. The predicted octanol–water partition coefficient (Wildman–Crippen LogP) is 4.18. The first-order valence-electron chi connectivity index (χ1n) is 11.3. The van der Waals surface area contributed by atoms with E-state index in [2.05, 4.69) is 10.3 Å². The molecule has 0 saturated carbocycles. The van der Waals surface area contributed by atoms with Gasteiger partial charge in [0.1, 0.15) is 23.8 Å². The van der Waals surface area contributed by atoms with Crippen LogP contribution in [0.15, 0.2) is 60.8 Å². The first-order valence-corrected chi connectivity index (χ1v) is 11.3. The summed E-state index contributed by atoms with van der Waals surface area (Å²) in [5, 5.41) is 2.48. The predicted molar refractivity (Wildman–Crippen MR) is 129 cm³/mol. The minimum Gasteiger partial charge on any atom is -0.493 e. The fourth-order valence-electron chi connectivity index (χ4n) is 3.75. The summed E-state index contributed by atoms with van der Waals surface area (Å²) < 4.78 is 42.9. The SMILES string of the molecule is COc1ccnc(C(=O)N[C@H](C)C(=O)O[C@H](C)C(c2ccc(F)cc2)c2ccc(F)cc2)c1OC(C)=O. The smallest absolute Gasteiger partial charge is 0.328 e. The highest BCUT2D eigenvalue weighted by Crippen LogP contribution is 2.31. The van der Waals surface area contributed by atoms with Crippen molar-refractivity contribution in [3.63, 3.8) is 0 Å². The first-order chi connectivity index (χ1) is 17.6. The van der Waals surface area contributed by atoms with E-state index in [4.69, 9.17) is 14.2 Å². The van der Waals surface area contributed by atoms with Crippen LogP contribution < -0.4 is 14.8 Å². The van der Waals surface area contributed by atoms with Crippen LogP contribution in [0.25, 0.3) is 0 Å². The summed E-state index contributed by atoms with van der Waals surface area (Å²) in [6.07, 6.45) is 0.524. The van der Waals surface area contributed by atoms with E-state index in [1.807, 2.05) is 0 Å². The van der Waals surface area contributed by atoms with E-state index in [-0.39, 0.29) is 17.2 Å². The van der Waals surface area contributed by atoms with E-state index in [0.717, 1.165) is 6.92 Å². The van der Waals surface area contributed by atoms with Gasteiger partial charge in [0.15, 0.2) is 11.4 Å². The number of halogens is 2. The third kappa shape index (κ3) is 6.87. The summed E-state index contributed by atoms with van der Waals surface area (Å²) in [6.45, 7) is 4.23. The quantitative estimate of drug-likeness (QED) is 0.429. The molecule has 1 amide bonds. The highest BCUT2D eigenvalue weighted by atomic mass is 19.1. The van der Waals surface area contributed by atoms with Crippen molar-refractivity contribution in [3.05, 3.63) is 89.2 Å². The molecule has 0 aliphatic carbocycles. The number of pyridine rings is 1. The number of hydrogen-bond donors (Lipinski definition) is 1. The van der Waals surface area contributed by atoms with Gasteiger partial charge in [0.2, 0.25) is 5.75 Å². The summed E-state index contributed by atoms with van der Waals surface area (Å²) in [4.78, 5) is 41.2. The Hall–Kier alpha value is -4.34. The van der Waals surface area contributed by atoms with E-state index in [1.165, 1.54) is 50.6 Å². The Morgan fingerprint density at radius 3 is 1.92 bits per heavy atom. The van der Waals surface area contributed by atoms with Gasteiger partial charge in [-0.3, -0.25) is 9.59 Å².